The van der Waals surface area contributed by atoms with Crippen molar-refractivity contribution in [3.05, 3.63) is 59.2 Å². The minimum absolute atomic E-state index is 0.0425. The number of amides is 2. The van der Waals surface area contributed by atoms with E-state index in [0.29, 0.717) is 35.3 Å². The number of nitrogens with zero attached hydrogens (tertiary/aromatic N) is 2. The van der Waals surface area contributed by atoms with E-state index >= 15 is 0 Å². The van der Waals surface area contributed by atoms with E-state index in [4.69, 9.17) is 16.3 Å². The highest BCUT2D eigenvalue weighted by Crippen LogP contribution is 2.39. The van der Waals surface area contributed by atoms with Crippen LogP contribution in [0.5, 0.6) is 5.75 Å². The SMILES string of the molecule is CCOc1ccccc1NC(=O)CC1C(=O)Nc2c(-c3cccc(Cl)c3)c(CC)nn21. The van der Waals surface area contributed by atoms with Gasteiger partial charge in [-0.1, -0.05) is 42.8 Å². The first kappa shape index (κ1) is 20.9. The van der Waals surface area contributed by atoms with Crippen LogP contribution in [0, 0.1) is 0 Å². The van der Waals surface area contributed by atoms with E-state index in [1.54, 1.807) is 22.9 Å². The molecule has 3 aromatic rings. The molecule has 1 unspecified atom stereocenters. The Labute approximate surface area is 185 Å². The molecule has 1 aromatic heterocycles. The third-order valence-corrected chi connectivity index (χ3v) is 5.35. The van der Waals surface area contributed by atoms with Crippen molar-refractivity contribution in [3.63, 3.8) is 0 Å². The van der Waals surface area contributed by atoms with E-state index in [1.807, 2.05) is 44.2 Å². The van der Waals surface area contributed by atoms with Gasteiger partial charge in [0.1, 0.15) is 17.6 Å². The molecular weight excluding hydrogens is 416 g/mol. The van der Waals surface area contributed by atoms with Crippen molar-refractivity contribution in [2.75, 3.05) is 17.2 Å². The first-order valence-corrected chi connectivity index (χ1v) is 10.6. The van der Waals surface area contributed by atoms with Crippen LogP contribution in [0.3, 0.4) is 0 Å². The van der Waals surface area contributed by atoms with Crippen molar-refractivity contribution >= 4 is 34.9 Å². The number of fused-ring (bicyclic) bond motifs is 1. The summed E-state index contributed by atoms with van der Waals surface area (Å²) in [4.78, 5) is 25.4. The van der Waals surface area contributed by atoms with Crippen molar-refractivity contribution in [2.45, 2.75) is 32.7 Å². The monoisotopic (exact) mass is 438 g/mol. The number of carbonyl (C=O) groups excluding carboxylic acids is 2. The summed E-state index contributed by atoms with van der Waals surface area (Å²) >= 11 is 6.17. The van der Waals surface area contributed by atoms with E-state index < -0.39 is 6.04 Å². The number of aromatic nitrogens is 2. The molecule has 1 aliphatic rings. The fourth-order valence-corrected chi connectivity index (χ4v) is 3.93. The van der Waals surface area contributed by atoms with E-state index in [-0.39, 0.29) is 18.2 Å². The fourth-order valence-electron chi connectivity index (χ4n) is 3.74. The summed E-state index contributed by atoms with van der Waals surface area (Å²) in [5.74, 6) is 0.627. The highest BCUT2D eigenvalue weighted by molar-refractivity contribution is 6.30. The number of hydrogen-bond acceptors (Lipinski definition) is 4. The minimum atomic E-state index is -0.729. The van der Waals surface area contributed by atoms with Gasteiger partial charge in [0.2, 0.25) is 5.91 Å². The Bertz CT molecular complexity index is 1140. The van der Waals surface area contributed by atoms with Gasteiger partial charge in [-0.25, -0.2) is 4.68 Å². The molecule has 0 aliphatic carbocycles. The van der Waals surface area contributed by atoms with Crippen molar-refractivity contribution < 1.29 is 14.3 Å². The number of halogens is 1. The topological polar surface area (TPSA) is 85.2 Å². The molecule has 0 bridgehead atoms. The Kier molecular flexibility index (Phi) is 5.95. The van der Waals surface area contributed by atoms with Crippen LogP contribution in [0.1, 0.15) is 32.0 Å². The Balaban J connectivity index is 1.60. The van der Waals surface area contributed by atoms with Crippen LogP contribution in [0.25, 0.3) is 11.1 Å². The number of para-hydroxylation sites is 2. The maximum Gasteiger partial charge on any atom is 0.251 e. The zero-order valence-electron chi connectivity index (χ0n) is 17.3. The summed E-state index contributed by atoms with van der Waals surface area (Å²) in [6.07, 6.45) is 0.636. The molecule has 7 nitrogen and oxygen atoms in total. The van der Waals surface area contributed by atoms with Gasteiger partial charge >= 0.3 is 0 Å². The summed E-state index contributed by atoms with van der Waals surface area (Å²) in [5, 5.41) is 11.0. The molecule has 1 aliphatic heterocycles. The van der Waals surface area contributed by atoms with E-state index in [1.165, 1.54) is 0 Å². The second kappa shape index (κ2) is 8.81. The molecule has 0 radical (unpaired) electrons. The molecule has 2 N–H and O–H groups in total. The first-order valence-electron chi connectivity index (χ1n) is 10.2. The lowest BCUT2D eigenvalue weighted by Gasteiger charge is -2.13. The van der Waals surface area contributed by atoms with Crippen LogP contribution >= 0.6 is 11.6 Å². The molecule has 8 heteroatoms. The Morgan fingerprint density at radius 2 is 2.03 bits per heavy atom. The van der Waals surface area contributed by atoms with Gasteiger partial charge in [0.05, 0.1) is 24.4 Å². The molecule has 2 heterocycles. The Hall–Kier alpha value is -3.32. The largest absolute Gasteiger partial charge is 0.492 e. The van der Waals surface area contributed by atoms with Gasteiger partial charge in [-0.3, -0.25) is 9.59 Å². The molecule has 0 saturated carbocycles. The summed E-state index contributed by atoms with van der Waals surface area (Å²) in [6.45, 7) is 4.37. The van der Waals surface area contributed by atoms with Crippen LogP contribution in [-0.2, 0) is 16.0 Å². The smallest absolute Gasteiger partial charge is 0.251 e. The molecule has 2 amide bonds. The lowest BCUT2D eigenvalue weighted by atomic mass is 10.0. The highest BCUT2D eigenvalue weighted by atomic mass is 35.5. The van der Waals surface area contributed by atoms with Gasteiger partial charge in [-0.2, -0.15) is 5.10 Å². The third-order valence-electron chi connectivity index (χ3n) is 5.11. The average Bonchev–Trinajstić information content (AvgIpc) is 3.25. The minimum Gasteiger partial charge on any atom is -0.492 e. The Morgan fingerprint density at radius 3 is 2.77 bits per heavy atom. The summed E-state index contributed by atoms with van der Waals surface area (Å²) in [7, 11) is 0. The molecule has 2 aromatic carbocycles. The zero-order chi connectivity index (χ0) is 22.0. The number of hydrogen-bond donors (Lipinski definition) is 2. The van der Waals surface area contributed by atoms with Gasteiger partial charge in [0, 0.05) is 10.6 Å². The van der Waals surface area contributed by atoms with Gasteiger partial charge in [-0.05, 0) is 43.2 Å². The molecule has 31 heavy (non-hydrogen) atoms. The molecular formula is C23H23ClN4O3. The fraction of sp³-hybridized carbons (Fsp3) is 0.261. The lowest BCUT2D eigenvalue weighted by Crippen LogP contribution is -2.24. The second-order valence-corrected chi connectivity index (χ2v) is 7.60. The summed E-state index contributed by atoms with van der Waals surface area (Å²) in [5.41, 5.74) is 3.12. The van der Waals surface area contributed by atoms with Gasteiger partial charge < -0.3 is 15.4 Å². The van der Waals surface area contributed by atoms with E-state index in [2.05, 4.69) is 15.7 Å². The number of rotatable bonds is 7. The van der Waals surface area contributed by atoms with Crippen LogP contribution in [0.4, 0.5) is 11.5 Å². The quantitative estimate of drug-likeness (QED) is 0.560. The predicted octanol–water partition coefficient (Wildman–Crippen LogP) is 4.69. The average molecular weight is 439 g/mol. The van der Waals surface area contributed by atoms with Crippen LogP contribution in [-0.4, -0.2) is 28.2 Å². The number of aryl methyl sites for hydroxylation is 1. The summed E-state index contributed by atoms with van der Waals surface area (Å²) in [6, 6.07) is 13.9. The normalized spacial score (nSPS) is 14.8. The van der Waals surface area contributed by atoms with E-state index in [0.717, 1.165) is 16.8 Å². The molecule has 0 saturated heterocycles. The number of benzene rings is 2. The molecule has 1 atom stereocenters. The highest BCUT2D eigenvalue weighted by Gasteiger charge is 2.36. The number of carbonyl (C=O) groups is 2. The molecule has 160 valence electrons. The van der Waals surface area contributed by atoms with Crippen LogP contribution in [0.2, 0.25) is 5.02 Å². The standard InChI is InChI=1S/C23H23ClN4O3/c1-3-16-21(14-8-7-9-15(24)12-14)22-26-23(30)18(28(22)27-16)13-20(29)25-17-10-5-6-11-19(17)31-4-2/h5-12,18H,3-4,13H2,1-2H3,(H,25,29)(H,26,30). The lowest BCUT2D eigenvalue weighted by molar-refractivity contribution is -0.123. The van der Waals surface area contributed by atoms with Crippen molar-refractivity contribution in [2.24, 2.45) is 0 Å². The van der Waals surface area contributed by atoms with Crippen molar-refractivity contribution in [1.82, 2.24) is 9.78 Å². The predicted molar refractivity (Wildman–Crippen MR) is 121 cm³/mol. The first-order chi connectivity index (χ1) is 15.0. The maximum absolute atomic E-state index is 12.8. The van der Waals surface area contributed by atoms with Gasteiger partial charge in [-0.15, -0.1) is 0 Å². The van der Waals surface area contributed by atoms with Crippen LogP contribution in [0.15, 0.2) is 48.5 Å². The van der Waals surface area contributed by atoms with Gasteiger partial charge in [0.15, 0.2) is 0 Å². The number of ether oxygens (including phenoxy) is 1. The summed E-state index contributed by atoms with van der Waals surface area (Å²) < 4.78 is 7.17. The molecule has 0 spiro atoms. The van der Waals surface area contributed by atoms with Gasteiger partial charge in [0.25, 0.3) is 5.91 Å². The zero-order valence-corrected chi connectivity index (χ0v) is 18.1. The number of nitrogens with one attached hydrogen (secondary N) is 2. The number of anilines is 2. The third kappa shape index (κ3) is 4.14. The molecule has 0 fully saturated rings. The maximum atomic E-state index is 12.8. The van der Waals surface area contributed by atoms with Crippen LogP contribution < -0.4 is 15.4 Å². The Morgan fingerprint density at radius 1 is 1.23 bits per heavy atom. The van der Waals surface area contributed by atoms with Crippen molar-refractivity contribution in [3.8, 4) is 16.9 Å². The van der Waals surface area contributed by atoms with E-state index in [9.17, 15) is 9.59 Å². The van der Waals surface area contributed by atoms with Crippen molar-refractivity contribution in [1.29, 1.82) is 0 Å². The second-order valence-electron chi connectivity index (χ2n) is 7.17. The molecule has 4 rings (SSSR count).